The molecule has 1 fully saturated rings. The van der Waals surface area contributed by atoms with E-state index in [2.05, 4.69) is 20.9 Å². The van der Waals surface area contributed by atoms with Crippen LogP contribution in [-0.4, -0.2) is 80.9 Å². The van der Waals surface area contributed by atoms with E-state index in [-0.39, 0.29) is 37.4 Å². The Kier molecular flexibility index (Phi) is 12.6. The van der Waals surface area contributed by atoms with Gasteiger partial charge in [0.05, 0.1) is 25.9 Å². The number of carbonyl (C=O) groups is 3. The first-order chi connectivity index (χ1) is 22.9. The van der Waals surface area contributed by atoms with Gasteiger partial charge in [-0.15, -0.1) is 0 Å². The molecular weight excluding hydrogens is 645 g/mol. The minimum absolute atomic E-state index is 0.0821. The molecule has 11 nitrogen and oxygen atoms in total. The molecule has 4 N–H and O–H groups in total. The summed E-state index contributed by atoms with van der Waals surface area (Å²) in [5, 5.41) is 9.99. The Balaban J connectivity index is 1.43. The Labute approximate surface area is 272 Å². The fourth-order valence-electron chi connectivity index (χ4n) is 5.11. The van der Waals surface area contributed by atoms with Gasteiger partial charge in [0.1, 0.15) is 30.8 Å². The molecule has 0 aliphatic carbocycles. The summed E-state index contributed by atoms with van der Waals surface area (Å²) in [6, 6.07) is 11.2. The lowest BCUT2D eigenvalue weighted by atomic mass is 9.85. The van der Waals surface area contributed by atoms with Crippen molar-refractivity contribution in [3.8, 4) is 0 Å². The maximum absolute atomic E-state index is 15.2. The van der Waals surface area contributed by atoms with Gasteiger partial charge in [0.2, 0.25) is 5.91 Å². The van der Waals surface area contributed by atoms with Crippen LogP contribution >= 0.6 is 0 Å². The number of pyridine rings is 1. The van der Waals surface area contributed by atoms with Crippen LogP contribution < -0.4 is 21.3 Å². The Bertz CT molecular complexity index is 1520. The van der Waals surface area contributed by atoms with Gasteiger partial charge < -0.3 is 35.5 Å². The van der Waals surface area contributed by atoms with Crippen molar-refractivity contribution < 1.29 is 50.5 Å². The summed E-state index contributed by atoms with van der Waals surface area (Å²) in [4.78, 5) is 41.8. The lowest BCUT2D eigenvalue weighted by molar-refractivity contribution is -0.124. The van der Waals surface area contributed by atoms with Crippen LogP contribution in [0.15, 0.2) is 67.0 Å². The molecule has 3 amide bonds. The summed E-state index contributed by atoms with van der Waals surface area (Å²) in [5.74, 6) is -2.60. The summed E-state index contributed by atoms with van der Waals surface area (Å²) in [5.41, 5.74) is 1.43. The highest BCUT2D eigenvalue weighted by molar-refractivity contribution is 5.98. The molecule has 2 heterocycles. The molecule has 4 atom stereocenters. The number of nitrogens with one attached hydrogen (secondary N) is 4. The zero-order valence-electron chi connectivity index (χ0n) is 25.7. The standard InChI is InChI=1S/C32H34F5N5O6/c1-46-31(45)42-28(27(20-11-13-38-14-12-20)19-5-7-21(33)8-6-19)29(43)41-26-4-2-3-25(34)24(26)10-9-23-15-39-22(16-47-23)17-48-30(44)40-18-32(35,36)37/h2-8,11-14,22-23,27-28,39H,9-10,15-18H2,1H3,(H,40,44)(H,41,43)(H,42,45)/t22-,23+,27+,28-/m0/s1. The van der Waals surface area contributed by atoms with Crippen molar-refractivity contribution in [1.82, 2.24) is 20.9 Å². The third-order valence-corrected chi connectivity index (χ3v) is 7.48. The van der Waals surface area contributed by atoms with Crippen LogP contribution in [0.4, 0.5) is 37.2 Å². The topological polar surface area (TPSA) is 140 Å². The number of hydrogen-bond acceptors (Lipinski definition) is 8. The van der Waals surface area contributed by atoms with Gasteiger partial charge in [-0.2, -0.15) is 13.2 Å². The summed E-state index contributed by atoms with van der Waals surface area (Å²) in [6.45, 7) is -1.37. The van der Waals surface area contributed by atoms with Gasteiger partial charge in [-0.05, 0) is 60.4 Å². The average Bonchev–Trinajstić information content (AvgIpc) is 3.07. The summed E-state index contributed by atoms with van der Waals surface area (Å²) in [6.07, 6.45) is -3.60. The molecule has 0 radical (unpaired) electrons. The summed E-state index contributed by atoms with van der Waals surface area (Å²) < 4.78 is 81.1. The number of anilines is 1. The Morgan fingerprint density at radius 3 is 2.38 bits per heavy atom. The first-order valence-corrected chi connectivity index (χ1v) is 14.8. The van der Waals surface area contributed by atoms with Crippen LogP contribution in [0.25, 0.3) is 0 Å². The van der Waals surface area contributed by atoms with Crippen molar-refractivity contribution in [3.05, 3.63) is 95.3 Å². The predicted molar refractivity (Wildman–Crippen MR) is 162 cm³/mol. The minimum atomic E-state index is -4.56. The van der Waals surface area contributed by atoms with Gasteiger partial charge >= 0.3 is 18.4 Å². The van der Waals surface area contributed by atoms with Crippen molar-refractivity contribution in [1.29, 1.82) is 0 Å². The van der Waals surface area contributed by atoms with Crippen molar-refractivity contribution in [3.63, 3.8) is 0 Å². The molecule has 1 saturated heterocycles. The van der Waals surface area contributed by atoms with E-state index < -0.39 is 66.6 Å². The van der Waals surface area contributed by atoms with Crippen molar-refractivity contribution in [2.24, 2.45) is 0 Å². The van der Waals surface area contributed by atoms with Crippen LogP contribution in [-0.2, 0) is 25.4 Å². The molecule has 0 saturated carbocycles. The van der Waals surface area contributed by atoms with E-state index in [1.807, 2.05) is 0 Å². The molecule has 48 heavy (non-hydrogen) atoms. The van der Waals surface area contributed by atoms with E-state index in [0.29, 0.717) is 17.5 Å². The molecule has 0 spiro atoms. The molecule has 4 rings (SSSR count). The third-order valence-electron chi connectivity index (χ3n) is 7.48. The normalized spacial score (nSPS) is 17.5. The Hall–Kier alpha value is -4.83. The molecular formula is C32H34F5N5O6. The van der Waals surface area contributed by atoms with Gasteiger partial charge in [-0.3, -0.25) is 9.78 Å². The van der Waals surface area contributed by atoms with Crippen LogP contribution in [0.1, 0.15) is 29.0 Å². The SMILES string of the molecule is COC(=O)N[C@H](C(=O)Nc1cccc(F)c1CC[C@@H]1CN[C@H](COC(=O)NCC(F)(F)F)CO1)[C@@H](c1ccncc1)c1ccc(F)cc1. The van der Waals surface area contributed by atoms with Crippen LogP contribution in [0.3, 0.4) is 0 Å². The molecule has 1 aromatic heterocycles. The molecule has 258 valence electrons. The van der Waals surface area contributed by atoms with Gasteiger partial charge in [0, 0.05) is 36.1 Å². The van der Waals surface area contributed by atoms with E-state index in [9.17, 15) is 31.9 Å². The molecule has 2 aromatic carbocycles. The lowest BCUT2D eigenvalue weighted by Crippen LogP contribution is -2.49. The number of rotatable bonds is 12. The Morgan fingerprint density at radius 1 is 1.02 bits per heavy atom. The monoisotopic (exact) mass is 679 g/mol. The number of alkyl halides is 3. The van der Waals surface area contributed by atoms with E-state index in [1.165, 1.54) is 54.9 Å². The molecule has 0 bridgehead atoms. The third kappa shape index (κ3) is 10.6. The number of hydrogen-bond donors (Lipinski definition) is 4. The van der Waals surface area contributed by atoms with Gasteiger partial charge in [0.25, 0.3) is 0 Å². The van der Waals surface area contributed by atoms with E-state index in [1.54, 1.807) is 17.4 Å². The number of carbonyl (C=O) groups excluding carboxylic acids is 3. The maximum atomic E-state index is 15.2. The number of ether oxygens (including phenoxy) is 3. The number of aromatic nitrogens is 1. The molecule has 1 aliphatic heterocycles. The zero-order chi connectivity index (χ0) is 34.7. The number of nitrogens with zero attached hydrogens (tertiary/aromatic N) is 1. The van der Waals surface area contributed by atoms with Crippen LogP contribution in [0.2, 0.25) is 0 Å². The fourth-order valence-corrected chi connectivity index (χ4v) is 5.11. The zero-order valence-corrected chi connectivity index (χ0v) is 25.7. The summed E-state index contributed by atoms with van der Waals surface area (Å²) in [7, 11) is 1.14. The molecule has 1 aliphatic rings. The highest BCUT2D eigenvalue weighted by Crippen LogP contribution is 2.30. The number of methoxy groups -OCH3 is 1. The maximum Gasteiger partial charge on any atom is 0.407 e. The van der Waals surface area contributed by atoms with Crippen molar-refractivity contribution >= 4 is 23.8 Å². The highest BCUT2D eigenvalue weighted by atomic mass is 19.4. The second-order valence-electron chi connectivity index (χ2n) is 10.8. The van der Waals surface area contributed by atoms with Gasteiger partial charge in [-0.1, -0.05) is 18.2 Å². The van der Waals surface area contributed by atoms with E-state index >= 15 is 4.39 Å². The first kappa shape index (κ1) is 36.0. The van der Waals surface area contributed by atoms with Crippen molar-refractivity contribution in [2.75, 3.05) is 38.7 Å². The number of alkyl carbamates (subject to hydrolysis) is 2. The van der Waals surface area contributed by atoms with Crippen LogP contribution in [0, 0.1) is 11.6 Å². The molecule has 3 aromatic rings. The second-order valence-corrected chi connectivity index (χ2v) is 10.8. The smallest absolute Gasteiger partial charge is 0.407 e. The van der Waals surface area contributed by atoms with Crippen LogP contribution in [0.5, 0.6) is 0 Å². The van der Waals surface area contributed by atoms with E-state index in [4.69, 9.17) is 14.2 Å². The summed E-state index contributed by atoms with van der Waals surface area (Å²) >= 11 is 0. The van der Waals surface area contributed by atoms with E-state index in [0.717, 1.165) is 7.11 Å². The molecule has 0 unspecified atom stereocenters. The first-order valence-electron chi connectivity index (χ1n) is 14.8. The lowest BCUT2D eigenvalue weighted by Gasteiger charge is -2.30. The second kappa shape index (κ2) is 16.8. The fraction of sp³-hybridized carbons (Fsp3) is 0.375. The van der Waals surface area contributed by atoms with Gasteiger partial charge in [-0.25, -0.2) is 18.4 Å². The predicted octanol–water partition coefficient (Wildman–Crippen LogP) is 4.43. The average molecular weight is 680 g/mol. The molecule has 16 heteroatoms. The van der Waals surface area contributed by atoms with Crippen molar-refractivity contribution in [2.45, 2.75) is 43.1 Å². The Morgan fingerprint density at radius 2 is 1.73 bits per heavy atom. The number of amides is 3. The largest absolute Gasteiger partial charge is 0.453 e. The number of benzene rings is 2. The minimum Gasteiger partial charge on any atom is -0.453 e. The quantitative estimate of drug-likeness (QED) is 0.206. The number of halogens is 5. The van der Waals surface area contributed by atoms with Gasteiger partial charge in [0.15, 0.2) is 0 Å². The highest BCUT2D eigenvalue weighted by Gasteiger charge is 2.34. The number of morpholine rings is 1.